The molecule has 0 unspecified atom stereocenters. The average molecular weight is 280 g/mol. The van der Waals surface area contributed by atoms with Crippen LogP contribution >= 0.6 is 0 Å². The summed E-state index contributed by atoms with van der Waals surface area (Å²) >= 11 is 0. The number of ether oxygens (including phenoxy) is 1. The van der Waals surface area contributed by atoms with Gasteiger partial charge in [0.1, 0.15) is 5.71 Å². The van der Waals surface area contributed by atoms with Crippen molar-refractivity contribution in [3.05, 3.63) is 66.2 Å². The summed E-state index contributed by atoms with van der Waals surface area (Å²) in [4.78, 5) is 11.8. The number of anilines is 1. The monoisotopic (exact) mass is 280 g/mol. The lowest BCUT2D eigenvalue weighted by molar-refractivity contribution is -0.132. The van der Waals surface area contributed by atoms with E-state index in [0.29, 0.717) is 12.1 Å². The number of nitrogens with zero attached hydrogens (tertiary/aromatic N) is 2. The molecule has 0 fully saturated rings. The van der Waals surface area contributed by atoms with Crippen LogP contribution in [0.15, 0.2) is 65.8 Å². The van der Waals surface area contributed by atoms with Crippen LogP contribution in [-0.2, 0) is 9.53 Å². The highest BCUT2D eigenvalue weighted by Gasteiger charge is 2.32. The third-order valence-corrected chi connectivity index (χ3v) is 3.54. The first-order valence-electron chi connectivity index (χ1n) is 6.84. The summed E-state index contributed by atoms with van der Waals surface area (Å²) in [5.41, 5.74) is 2.55. The number of methoxy groups -OCH3 is 1. The molecule has 0 saturated carbocycles. The fraction of sp³-hybridized carbons (Fsp3) is 0.176. The number of carbonyl (C=O) groups excluding carboxylic acids is 1. The van der Waals surface area contributed by atoms with Gasteiger partial charge in [-0.15, -0.1) is 0 Å². The first-order valence-corrected chi connectivity index (χ1v) is 6.84. The molecular weight excluding hydrogens is 264 g/mol. The maximum absolute atomic E-state index is 11.8. The van der Waals surface area contributed by atoms with Crippen molar-refractivity contribution in [2.45, 2.75) is 12.5 Å². The lowest BCUT2D eigenvalue weighted by Gasteiger charge is -2.23. The Morgan fingerprint density at radius 3 is 2.33 bits per heavy atom. The van der Waals surface area contributed by atoms with E-state index in [0.717, 1.165) is 11.3 Å². The van der Waals surface area contributed by atoms with Crippen molar-refractivity contribution in [3.63, 3.8) is 0 Å². The topological polar surface area (TPSA) is 41.9 Å². The first-order chi connectivity index (χ1) is 10.3. The molecule has 0 N–H and O–H groups in total. The third kappa shape index (κ3) is 2.65. The molecule has 21 heavy (non-hydrogen) atoms. The van der Waals surface area contributed by atoms with Gasteiger partial charge >= 0.3 is 5.97 Å². The first kappa shape index (κ1) is 13.4. The number of carbonyl (C=O) groups is 1. The molecule has 0 spiro atoms. The molecule has 0 bridgehead atoms. The minimum atomic E-state index is -0.366. The maximum Gasteiger partial charge on any atom is 0.354 e. The fourth-order valence-electron chi connectivity index (χ4n) is 2.50. The van der Waals surface area contributed by atoms with Gasteiger partial charge in [0, 0.05) is 6.42 Å². The molecular formula is C17H16N2O2. The second-order valence-electron chi connectivity index (χ2n) is 4.85. The summed E-state index contributed by atoms with van der Waals surface area (Å²) in [5.74, 6) is -0.366. The quantitative estimate of drug-likeness (QED) is 0.811. The normalized spacial score (nSPS) is 17.5. The van der Waals surface area contributed by atoms with Gasteiger partial charge in [-0.2, -0.15) is 5.10 Å². The summed E-state index contributed by atoms with van der Waals surface area (Å²) in [7, 11) is 1.38. The van der Waals surface area contributed by atoms with Crippen molar-refractivity contribution < 1.29 is 9.53 Å². The van der Waals surface area contributed by atoms with Crippen LogP contribution < -0.4 is 5.01 Å². The Bertz CT molecular complexity index is 653. The predicted octanol–water partition coefficient (Wildman–Crippen LogP) is 3.17. The molecule has 2 aromatic rings. The van der Waals surface area contributed by atoms with E-state index in [9.17, 15) is 4.79 Å². The molecule has 0 radical (unpaired) electrons. The number of benzene rings is 2. The molecule has 1 atom stereocenters. The lowest BCUT2D eigenvalue weighted by atomic mass is 10.0. The van der Waals surface area contributed by atoms with Crippen molar-refractivity contribution >= 4 is 17.4 Å². The van der Waals surface area contributed by atoms with Gasteiger partial charge in [0.2, 0.25) is 0 Å². The fourth-order valence-corrected chi connectivity index (χ4v) is 2.50. The standard InChI is InChI=1S/C17H16N2O2/c1-21-17(20)15-12-16(13-8-4-2-5-9-13)19(18-15)14-10-6-3-7-11-14/h2-11,16H,12H2,1H3/t16-/m1/s1. The minimum Gasteiger partial charge on any atom is -0.464 e. The van der Waals surface area contributed by atoms with E-state index < -0.39 is 0 Å². The molecule has 0 saturated heterocycles. The number of rotatable bonds is 3. The summed E-state index contributed by atoms with van der Waals surface area (Å²) in [5, 5.41) is 6.35. The van der Waals surface area contributed by atoms with Gasteiger partial charge in [0.25, 0.3) is 0 Å². The van der Waals surface area contributed by atoms with Crippen LogP contribution in [0.2, 0.25) is 0 Å². The van der Waals surface area contributed by atoms with Crippen LogP contribution in [0.1, 0.15) is 18.0 Å². The summed E-state index contributed by atoms with van der Waals surface area (Å²) in [6.07, 6.45) is 0.547. The molecule has 2 aromatic carbocycles. The number of hydrazone groups is 1. The van der Waals surface area contributed by atoms with E-state index >= 15 is 0 Å². The number of hydrogen-bond acceptors (Lipinski definition) is 4. The van der Waals surface area contributed by atoms with Crippen LogP contribution in [0.4, 0.5) is 5.69 Å². The zero-order chi connectivity index (χ0) is 14.7. The van der Waals surface area contributed by atoms with Crippen LogP contribution in [0.5, 0.6) is 0 Å². The van der Waals surface area contributed by atoms with Crippen molar-refractivity contribution in [2.75, 3.05) is 12.1 Å². The zero-order valence-electron chi connectivity index (χ0n) is 11.8. The van der Waals surface area contributed by atoms with Crippen LogP contribution in [-0.4, -0.2) is 18.8 Å². The van der Waals surface area contributed by atoms with E-state index in [1.165, 1.54) is 7.11 Å². The third-order valence-electron chi connectivity index (χ3n) is 3.54. The highest BCUT2D eigenvalue weighted by atomic mass is 16.5. The molecule has 106 valence electrons. The van der Waals surface area contributed by atoms with Gasteiger partial charge in [-0.3, -0.25) is 5.01 Å². The van der Waals surface area contributed by atoms with Gasteiger partial charge in [0.15, 0.2) is 0 Å². The Balaban J connectivity index is 1.98. The molecule has 3 rings (SSSR count). The number of para-hydroxylation sites is 1. The largest absolute Gasteiger partial charge is 0.464 e. The summed E-state index contributed by atoms with van der Waals surface area (Å²) in [6.45, 7) is 0. The van der Waals surface area contributed by atoms with E-state index in [4.69, 9.17) is 4.74 Å². The smallest absolute Gasteiger partial charge is 0.354 e. The zero-order valence-corrected chi connectivity index (χ0v) is 11.8. The van der Waals surface area contributed by atoms with Crippen LogP contribution in [0.25, 0.3) is 0 Å². The lowest BCUT2D eigenvalue weighted by Crippen LogP contribution is -2.18. The van der Waals surface area contributed by atoms with E-state index in [1.807, 2.05) is 53.5 Å². The Morgan fingerprint density at radius 2 is 1.71 bits per heavy atom. The number of hydrogen-bond donors (Lipinski definition) is 0. The van der Waals surface area contributed by atoms with Gasteiger partial charge in [-0.05, 0) is 17.7 Å². The predicted molar refractivity (Wildman–Crippen MR) is 82.2 cm³/mol. The van der Waals surface area contributed by atoms with E-state index in [1.54, 1.807) is 0 Å². The second-order valence-corrected chi connectivity index (χ2v) is 4.85. The van der Waals surface area contributed by atoms with Crippen molar-refractivity contribution in [1.82, 2.24) is 0 Å². The Morgan fingerprint density at radius 1 is 1.10 bits per heavy atom. The molecule has 0 aromatic heterocycles. The van der Waals surface area contributed by atoms with Gasteiger partial charge in [-0.1, -0.05) is 48.5 Å². The molecule has 1 aliphatic heterocycles. The van der Waals surface area contributed by atoms with Crippen molar-refractivity contribution in [1.29, 1.82) is 0 Å². The van der Waals surface area contributed by atoms with Gasteiger partial charge in [-0.25, -0.2) is 4.79 Å². The van der Waals surface area contributed by atoms with E-state index in [2.05, 4.69) is 17.2 Å². The minimum absolute atomic E-state index is 0.0164. The molecule has 1 heterocycles. The second kappa shape index (κ2) is 5.79. The Labute approximate surface area is 123 Å². The highest BCUT2D eigenvalue weighted by molar-refractivity contribution is 6.37. The van der Waals surface area contributed by atoms with Gasteiger partial charge in [0.05, 0.1) is 18.8 Å². The highest BCUT2D eigenvalue weighted by Crippen LogP contribution is 2.35. The van der Waals surface area contributed by atoms with Crippen LogP contribution in [0, 0.1) is 0 Å². The molecule has 0 amide bonds. The Kier molecular flexibility index (Phi) is 3.69. The van der Waals surface area contributed by atoms with E-state index in [-0.39, 0.29) is 12.0 Å². The van der Waals surface area contributed by atoms with Crippen molar-refractivity contribution in [2.24, 2.45) is 5.10 Å². The summed E-state index contributed by atoms with van der Waals surface area (Å²) in [6, 6.07) is 19.9. The van der Waals surface area contributed by atoms with Gasteiger partial charge < -0.3 is 4.74 Å². The van der Waals surface area contributed by atoms with Crippen molar-refractivity contribution in [3.8, 4) is 0 Å². The Hall–Kier alpha value is -2.62. The van der Waals surface area contributed by atoms with Crippen LogP contribution in [0.3, 0.4) is 0 Å². The SMILES string of the molecule is COC(=O)C1=NN(c2ccccc2)[C@@H](c2ccccc2)C1. The molecule has 4 nitrogen and oxygen atoms in total. The molecule has 1 aliphatic rings. The summed E-state index contributed by atoms with van der Waals surface area (Å²) < 4.78 is 4.81. The molecule has 0 aliphatic carbocycles. The molecule has 4 heteroatoms. The maximum atomic E-state index is 11.8. The number of esters is 1. The average Bonchev–Trinajstić information content (AvgIpc) is 3.01.